The van der Waals surface area contributed by atoms with E-state index < -0.39 is 17.4 Å². The Kier molecular flexibility index (Phi) is 4.51. The van der Waals surface area contributed by atoms with Gasteiger partial charge in [0.25, 0.3) is 0 Å². The Labute approximate surface area is 146 Å². The molecule has 6 nitrogen and oxygen atoms in total. The molecule has 130 valence electrons. The number of nitrogens with one attached hydrogen (secondary N) is 2. The summed E-state index contributed by atoms with van der Waals surface area (Å²) < 4.78 is 0. The summed E-state index contributed by atoms with van der Waals surface area (Å²) in [5.41, 5.74) is 1.65. The second-order valence-corrected chi connectivity index (χ2v) is 6.61. The van der Waals surface area contributed by atoms with Gasteiger partial charge in [0, 0.05) is 41.8 Å². The number of piperidine rings is 1. The first-order valence-electron chi connectivity index (χ1n) is 8.26. The quantitative estimate of drug-likeness (QED) is 0.576. The zero-order valence-corrected chi connectivity index (χ0v) is 14.1. The van der Waals surface area contributed by atoms with Gasteiger partial charge in [0.05, 0.1) is 5.60 Å². The van der Waals surface area contributed by atoms with Gasteiger partial charge in [-0.1, -0.05) is 0 Å². The number of H-pyrrole nitrogens is 1. The molecular weight excluding hydrogens is 318 g/mol. The molecule has 2 heterocycles. The first-order chi connectivity index (χ1) is 11.9. The summed E-state index contributed by atoms with van der Waals surface area (Å²) in [6.45, 7) is 2.60. The van der Waals surface area contributed by atoms with Crippen LogP contribution >= 0.6 is 0 Å². The number of benzene rings is 1. The second-order valence-electron chi connectivity index (χ2n) is 6.61. The molecule has 1 aromatic carbocycles. The van der Waals surface area contributed by atoms with Crippen LogP contribution < -0.4 is 5.32 Å². The smallest absolute Gasteiger partial charge is 0.313 e. The second kappa shape index (κ2) is 6.61. The zero-order valence-electron chi connectivity index (χ0n) is 14.1. The Balaban J connectivity index is 1.62. The molecule has 0 atom stereocenters. The highest BCUT2D eigenvalue weighted by Crippen LogP contribution is 2.25. The van der Waals surface area contributed by atoms with E-state index in [2.05, 4.69) is 16.2 Å². The first-order valence-corrected chi connectivity index (χ1v) is 8.26. The van der Waals surface area contributed by atoms with Gasteiger partial charge in [0.2, 0.25) is 0 Å². The summed E-state index contributed by atoms with van der Waals surface area (Å²) in [7, 11) is 0. The lowest BCUT2D eigenvalue weighted by atomic mass is 9.88. The molecule has 0 radical (unpaired) electrons. The van der Waals surface area contributed by atoms with E-state index in [4.69, 9.17) is 6.42 Å². The number of carbonyl (C=O) groups excluding carboxylic acids is 2. The van der Waals surface area contributed by atoms with Crippen LogP contribution in [0.25, 0.3) is 10.9 Å². The Bertz CT molecular complexity index is 854. The van der Waals surface area contributed by atoms with Crippen LogP contribution in [0.15, 0.2) is 24.3 Å². The van der Waals surface area contributed by atoms with Gasteiger partial charge in [-0.25, -0.2) is 0 Å². The molecule has 2 amide bonds. The molecule has 3 N–H and O–H groups in total. The zero-order chi connectivity index (χ0) is 18.0. The molecule has 1 aliphatic rings. The average Bonchev–Trinajstić information content (AvgIpc) is 2.94. The summed E-state index contributed by atoms with van der Waals surface area (Å²) in [4.78, 5) is 29.2. The highest BCUT2D eigenvalue weighted by molar-refractivity contribution is 6.39. The normalized spacial score (nSPS) is 16.4. The van der Waals surface area contributed by atoms with Crippen LogP contribution in [-0.4, -0.2) is 45.5 Å². The molecule has 2 aromatic rings. The third-order valence-corrected chi connectivity index (χ3v) is 4.62. The van der Waals surface area contributed by atoms with E-state index in [9.17, 15) is 14.7 Å². The fourth-order valence-electron chi connectivity index (χ4n) is 3.18. The van der Waals surface area contributed by atoms with Gasteiger partial charge in [0.1, 0.15) is 0 Å². The molecule has 0 bridgehead atoms. The van der Waals surface area contributed by atoms with E-state index in [0.717, 1.165) is 16.6 Å². The highest BCUT2D eigenvalue weighted by Gasteiger charge is 2.34. The summed E-state index contributed by atoms with van der Waals surface area (Å²) >= 11 is 0. The van der Waals surface area contributed by atoms with E-state index in [1.54, 1.807) is 6.07 Å². The minimum atomic E-state index is -0.931. The third-order valence-electron chi connectivity index (χ3n) is 4.62. The third kappa shape index (κ3) is 3.67. The van der Waals surface area contributed by atoms with E-state index in [1.807, 2.05) is 25.1 Å². The van der Waals surface area contributed by atoms with Crippen molar-refractivity contribution in [1.82, 2.24) is 9.88 Å². The molecule has 1 aromatic heterocycles. The van der Waals surface area contributed by atoms with Gasteiger partial charge in [-0.2, -0.15) is 0 Å². The van der Waals surface area contributed by atoms with Crippen molar-refractivity contribution in [3.63, 3.8) is 0 Å². The van der Waals surface area contributed by atoms with Crippen molar-refractivity contribution in [2.24, 2.45) is 0 Å². The van der Waals surface area contributed by atoms with Crippen molar-refractivity contribution in [2.75, 3.05) is 18.4 Å². The van der Waals surface area contributed by atoms with E-state index in [1.165, 1.54) is 4.90 Å². The Morgan fingerprint density at radius 1 is 1.36 bits per heavy atom. The number of carbonyl (C=O) groups is 2. The van der Waals surface area contributed by atoms with Crippen molar-refractivity contribution >= 4 is 28.4 Å². The van der Waals surface area contributed by atoms with Crippen LogP contribution in [0.5, 0.6) is 0 Å². The fourth-order valence-corrected chi connectivity index (χ4v) is 3.18. The summed E-state index contributed by atoms with van der Waals surface area (Å²) in [6.07, 6.45) is 6.28. The van der Waals surface area contributed by atoms with Gasteiger partial charge in [0.15, 0.2) is 0 Å². The predicted molar refractivity (Wildman–Crippen MR) is 95.9 cm³/mol. The molecular formula is C19H21N3O3. The number of aliphatic hydroxyl groups is 1. The largest absolute Gasteiger partial charge is 0.389 e. The summed E-state index contributed by atoms with van der Waals surface area (Å²) in [5, 5.41) is 13.9. The van der Waals surface area contributed by atoms with Crippen LogP contribution in [0.4, 0.5) is 5.69 Å². The molecule has 1 saturated heterocycles. The van der Waals surface area contributed by atoms with Crippen LogP contribution in [0.3, 0.4) is 0 Å². The number of anilines is 1. The predicted octanol–water partition coefficient (Wildman–Crippen LogP) is 1.79. The number of likely N-dealkylation sites (tertiary alicyclic amines) is 1. The minimum absolute atomic E-state index is 0.261. The molecule has 0 unspecified atom stereocenters. The molecule has 3 rings (SSSR count). The molecule has 1 fully saturated rings. The molecule has 0 spiro atoms. The van der Waals surface area contributed by atoms with Crippen LogP contribution in [-0.2, 0) is 9.59 Å². The number of aromatic amines is 1. The Morgan fingerprint density at radius 2 is 2.08 bits per heavy atom. The number of nitrogens with zero attached hydrogens (tertiary/aromatic N) is 1. The number of hydrogen-bond acceptors (Lipinski definition) is 3. The maximum absolute atomic E-state index is 12.3. The lowest BCUT2D eigenvalue weighted by molar-refractivity contribution is -0.145. The van der Waals surface area contributed by atoms with Crippen LogP contribution in [0.2, 0.25) is 0 Å². The number of hydrogen-bond donors (Lipinski definition) is 3. The average molecular weight is 339 g/mol. The number of aryl methyl sites for hydroxylation is 1. The first kappa shape index (κ1) is 17.1. The Morgan fingerprint density at radius 3 is 2.76 bits per heavy atom. The number of rotatable bonds is 2. The topological polar surface area (TPSA) is 85.4 Å². The number of fused-ring (bicyclic) bond motifs is 1. The molecule has 6 heteroatoms. The van der Waals surface area contributed by atoms with Gasteiger partial charge in [-0.3, -0.25) is 9.59 Å². The number of amides is 2. The standard InChI is InChI=1S/C19H21N3O3/c1-3-6-19(25)7-9-22(10-8-19)18(24)17(23)21-15-4-5-16-14(12-15)11-13(2)20-16/h1,4-5,11-12,20,25H,6-10H2,2H3,(H,21,23). The highest BCUT2D eigenvalue weighted by atomic mass is 16.3. The van der Waals surface area contributed by atoms with Gasteiger partial charge < -0.3 is 20.3 Å². The van der Waals surface area contributed by atoms with E-state index in [-0.39, 0.29) is 6.42 Å². The summed E-state index contributed by atoms with van der Waals surface area (Å²) in [6, 6.07) is 7.42. The fraction of sp³-hybridized carbons (Fsp3) is 0.368. The Hall–Kier alpha value is -2.78. The van der Waals surface area contributed by atoms with Crippen molar-refractivity contribution in [1.29, 1.82) is 0 Å². The van der Waals surface area contributed by atoms with Crippen LogP contribution in [0.1, 0.15) is 25.0 Å². The van der Waals surface area contributed by atoms with Crippen molar-refractivity contribution in [2.45, 2.75) is 31.8 Å². The molecule has 0 aliphatic carbocycles. The SMILES string of the molecule is C#CCC1(O)CCN(C(=O)C(=O)Nc2ccc3[nH]c(C)cc3c2)CC1. The molecule has 1 aliphatic heterocycles. The number of terminal acetylenes is 1. The van der Waals surface area contributed by atoms with Crippen molar-refractivity contribution < 1.29 is 14.7 Å². The summed E-state index contributed by atoms with van der Waals surface area (Å²) in [5.74, 6) is 1.20. The lowest BCUT2D eigenvalue weighted by Crippen LogP contribution is -2.49. The number of aromatic nitrogens is 1. The van der Waals surface area contributed by atoms with Crippen molar-refractivity contribution in [3.8, 4) is 12.3 Å². The lowest BCUT2D eigenvalue weighted by Gasteiger charge is -2.36. The molecule has 0 saturated carbocycles. The van der Waals surface area contributed by atoms with E-state index in [0.29, 0.717) is 31.6 Å². The molecule has 25 heavy (non-hydrogen) atoms. The maximum atomic E-state index is 12.3. The van der Waals surface area contributed by atoms with Crippen LogP contribution in [0, 0.1) is 19.3 Å². The van der Waals surface area contributed by atoms with Gasteiger partial charge in [-0.05, 0) is 44.0 Å². The monoisotopic (exact) mass is 339 g/mol. The van der Waals surface area contributed by atoms with Crippen molar-refractivity contribution in [3.05, 3.63) is 30.0 Å². The minimum Gasteiger partial charge on any atom is -0.389 e. The maximum Gasteiger partial charge on any atom is 0.313 e. The van der Waals surface area contributed by atoms with E-state index >= 15 is 0 Å². The van der Waals surface area contributed by atoms with Gasteiger partial charge in [-0.15, -0.1) is 12.3 Å². The van der Waals surface area contributed by atoms with Gasteiger partial charge >= 0.3 is 11.8 Å².